The van der Waals surface area contributed by atoms with E-state index in [0.717, 1.165) is 56.1 Å². The van der Waals surface area contributed by atoms with Crippen LogP contribution in [0.1, 0.15) is 18.6 Å². The maximum atomic E-state index is 13.1. The van der Waals surface area contributed by atoms with E-state index in [2.05, 4.69) is 21.9 Å². The molecule has 1 aromatic carbocycles. The van der Waals surface area contributed by atoms with Gasteiger partial charge in [0, 0.05) is 38.3 Å². The van der Waals surface area contributed by atoms with Crippen LogP contribution < -0.4 is 0 Å². The maximum Gasteiger partial charge on any atom is 0.347 e. The lowest BCUT2D eigenvalue weighted by atomic mass is 10.2. The Balaban J connectivity index is 1.25. The molecule has 32 heavy (non-hydrogen) atoms. The van der Waals surface area contributed by atoms with Crippen LogP contribution >= 0.6 is 0 Å². The van der Waals surface area contributed by atoms with Crippen molar-refractivity contribution in [3.05, 3.63) is 48.0 Å². The summed E-state index contributed by atoms with van der Waals surface area (Å²) in [6.45, 7) is 5.62. The smallest absolute Gasteiger partial charge is 0.347 e. The Kier molecular flexibility index (Phi) is 6.96. The Hall–Kier alpha value is -3.04. The summed E-state index contributed by atoms with van der Waals surface area (Å²) in [5.74, 6) is 0.453. The minimum atomic E-state index is -0.406. The summed E-state index contributed by atoms with van der Waals surface area (Å²) in [6, 6.07) is 9.02. The molecule has 2 aromatic rings. The molecule has 2 aliphatic rings. The minimum Gasteiger partial charge on any atom is -0.455 e. The first-order chi connectivity index (χ1) is 15.5. The third kappa shape index (κ3) is 5.41. The lowest BCUT2D eigenvalue weighted by molar-refractivity contribution is -0.125. The van der Waals surface area contributed by atoms with E-state index in [1.54, 1.807) is 24.3 Å². The van der Waals surface area contributed by atoms with Crippen LogP contribution in [0.5, 0.6) is 0 Å². The number of imide groups is 1. The van der Waals surface area contributed by atoms with Crippen LogP contribution in [0, 0.1) is 5.82 Å². The largest absolute Gasteiger partial charge is 0.455 e. The molecule has 0 N–H and O–H groups in total. The summed E-state index contributed by atoms with van der Waals surface area (Å²) in [6.07, 6.45) is 3.14. The highest BCUT2D eigenvalue weighted by Gasteiger charge is 2.35. The van der Waals surface area contributed by atoms with E-state index < -0.39 is 6.03 Å². The summed E-state index contributed by atoms with van der Waals surface area (Å²) in [5, 5.41) is 5.29. The zero-order valence-corrected chi connectivity index (χ0v) is 18.2. The quantitative estimate of drug-likeness (QED) is 0.358. The molecular formula is C23H28FN5O3. The highest BCUT2D eigenvalue weighted by molar-refractivity contribution is 6.02. The Bertz CT molecular complexity index is 966. The first-order valence-corrected chi connectivity index (χ1v) is 10.9. The highest BCUT2D eigenvalue weighted by Crippen LogP contribution is 2.22. The van der Waals surface area contributed by atoms with Crippen molar-refractivity contribution in [3.8, 4) is 11.3 Å². The number of urea groups is 1. The van der Waals surface area contributed by atoms with E-state index >= 15 is 0 Å². The molecule has 0 atom stereocenters. The van der Waals surface area contributed by atoms with Crippen molar-refractivity contribution in [2.75, 3.05) is 52.9 Å². The van der Waals surface area contributed by atoms with Gasteiger partial charge in [-0.1, -0.05) is 0 Å². The van der Waals surface area contributed by atoms with Gasteiger partial charge in [0.15, 0.2) is 0 Å². The molecule has 3 heterocycles. The van der Waals surface area contributed by atoms with Gasteiger partial charge in [0.2, 0.25) is 0 Å². The van der Waals surface area contributed by atoms with Crippen molar-refractivity contribution in [3.63, 3.8) is 0 Å². The van der Waals surface area contributed by atoms with E-state index in [9.17, 15) is 14.0 Å². The van der Waals surface area contributed by atoms with Crippen LogP contribution in [-0.4, -0.2) is 90.7 Å². The number of benzene rings is 1. The molecule has 9 heteroatoms. The van der Waals surface area contributed by atoms with Crippen LogP contribution in [0.2, 0.25) is 0 Å². The molecule has 8 nitrogen and oxygen atoms in total. The fraction of sp³-hybridized carbons (Fsp3) is 0.435. The molecule has 2 saturated heterocycles. The first kappa shape index (κ1) is 22.2. The van der Waals surface area contributed by atoms with Gasteiger partial charge >= 0.3 is 6.03 Å². The summed E-state index contributed by atoms with van der Waals surface area (Å²) >= 11 is 0. The normalized spacial score (nSPS) is 18.4. The van der Waals surface area contributed by atoms with E-state index in [1.165, 1.54) is 23.2 Å². The molecule has 0 bridgehead atoms. The Morgan fingerprint density at radius 3 is 2.47 bits per heavy atom. The van der Waals surface area contributed by atoms with Crippen molar-refractivity contribution in [2.24, 2.45) is 5.10 Å². The molecule has 2 aliphatic heterocycles. The van der Waals surface area contributed by atoms with Crippen LogP contribution in [0.15, 0.2) is 45.9 Å². The molecule has 0 unspecified atom stereocenters. The number of nitrogens with zero attached hydrogens (tertiary/aromatic N) is 5. The number of piperazine rings is 1. The van der Waals surface area contributed by atoms with Gasteiger partial charge in [-0.05, 0) is 62.8 Å². The second kappa shape index (κ2) is 10.1. The van der Waals surface area contributed by atoms with E-state index in [1.807, 2.05) is 0 Å². The lowest BCUT2D eigenvalue weighted by Gasteiger charge is -2.32. The minimum absolute atomic E-state index is 0.0701. The van der Waals surface area contributed by atoms with Crippen LogP contribution in [0.25, 0.3) is 11.3 Å². The zero-order chi connectivity index (χ0) is 22.5. The second-order valence-electron chi connectivity index (χ2n) is 8.19. The van der Waals surface area contributed by atoms with Crippen LogP contribution in [0.3, 0.4) is 0 Å². The molecule has 4 rings (SSSR count). The number of unbranched alkanes of at least 4 members (excludes halogenated alkanes) is 1. The summed E-state index contributed by atoms with van der Waals surface area (Å²) in [5.41, 5.74) is 0.737. The van der Waals surface area contributed by atoms with Crippen molar-refractivity contribution in [1.82, 2.24) is 19.7 Å². The number of likely N-dealkylation sites (N-methyl/N-ethyl adjacent to an activating group) is 1. The Morgan fingerprint density at radius 1 is 1.00 bits per heavy atom. The Labute approximate surface area is 186 Å². The van der Waals surface area contributed by atoms with E-state index in [0.29, 0.717) is 18.1 Å². The number of rotatable bonds is 8. The first-order valence-electron chi connectivity index (χ1n) is 10.9. The Morgan fingerprint density at radius 2 is 1.72 bits per heavy atom. The number of amides is 3. The summed E-state index contributed by atoms with van der Waals surface area (Å²) in [4.78, 5) is 30.9. The highest BCUT2D eigenvalue weighted by atomic mass is 19.1. The second-order valence-corrected chi connectivity index (χ2v) is 8.19. The molecule has 3 amide bonds. The average Bonchev–Trinajstić information content (AvgIpc) is 3.36. The number of hydrazone groups is 1. The molecule has 0 saturated carbocycles. The van der Waals surface area contributed by atoms with Gasteiger partial charge in [-0.15, -0.1) is 0 Å². The lowest BCUT2D eigenvalue weighted by Crippen LogP contribution is -2.44. The van der Waals surface area contributed by atoms with Crippen molar-refractivity contribution < 1.29 is 18.4 Å². The molecule has 0 aliphatic carbocycles. The number of halogens is 1. The third-order valence-corrected chi connectivity index (χ3v) is 5.82. The number of carbonyl (C=O) groups excluding carboxylic acids is 2. The summed E-state index contributed by atoms with van der Waals surface area (Å²) in [7, 11) is 2.13. The SMILES string of the molecule is CN1CCN(CCCCN2C(=O)CN(/N=C/c3ccc(-c4ccc(F)cc4)o3)C2=O)CC1. The van der Waals surface area contributed by atoms with Gasteiger partial charge in [0.25, 0.3) is 5.91 Å². The molecular weight excluding hydrogens is 413 g/mol. The average molecular weight is 442 g/mol. The number of carbonyl (C=O) groups is 2. The van der Waals surface area contributed by atoms with Gasteiger partial charge in [0.05, 0.1) is 6.21 Å². The van der Waals surface area contributed by atoms with Gasteiger partial charge < -0.3 is 14.2 Å². The molecule has 0 spiro atoms. The van der Waals surface area contributed by atoms with Crippen molar-refractivity contribution in [2.45, 2.75) is 12.8 Å². The fourth-order valence-corrected chi connectivity index (χ4v) is 3.83. The van der Waals surface area contributed by atoms with Crippen LogP contribution in [0.4, 0.5) is 9.18 Å². The fourth-order valence-electron chi connectivity index (χ4n) is 3.83. The van der Waals surface area contributed by atoms with Crippen molar-refractivity contribution in [1.29, 1.82) is 0 Å². The third-order valence-electron chi connectivity index (χ3n) is 5.82. The van der Waals surface area contributed by atoms with Gasteiger partial charge in [0.1, 0.15) is 23.9 Å². The van der Waals surface area contributed by atoms with Crippen LogP contribution in [-0.2, 0) is 4.79 Å². The molecule has 2 fully saturated rings. The molecule has 1 aromatic heterocycles. The number of hydrogen-bond acceptors (Lipinski definition) is 6. The van der Waals surface area contributed by atoms with Crippen molar-refractivity contribution >= 4 is 18.2 Å². The number of furan rings is 1. The van der Waals surface area contributed by atoms with Gasteiger partial charge in [-0.25, -0.2) is 14.2 Å². The molecule has 0 radical (unpaired) electrons. The van der Waals surface area contributed by atoms with E-state index in [-0.39, 0.29) is 18.3 Å². The topological polar surface area (TPSA) is 72.6 Å². The van der Waals surface area contributed by atoms with Gasteiger partial charge in [-0.3, -0.25) is 9.69 Å². The predicted molar refractivity (Wildman–Crippen MR) is 119 cm³/mol. The zero-order valence-electron chi connectivity index (χ0n) is 18.2. The predicted octanol–water partition coefficient (Wildman–Crippen LogP) is 2.71. The number of hydrogen-bond donors (Lipinski definition) is 0. The molecule has 170 valence electrons. The maximum absolute atomic E-state index is 13.1. The van der Waals surface area contributed by atoms with E-state index in [4.69, 9.17) is 4.42 Å². The van der Waals surface area contributed by atoms with Gasteiger partial charge in [-0.2, -0.15) is 5.10 Å². The standard InChI is InChI=1S/C23H28FN5O3/c1-26-12-14-27(15-13-26)10-2-3-11-28-22(30)17-29(23(28)31)25-16-20-8-9-21(32-20)18-4-6-19(24)7-5-18/h4-9,16H,2-3,10-15,17H2,1H3/b25-16+. The monoisotopic (exact) mass is 441 g/mol. The summed E-state index contributed by atoms with van der Waals surface area (Å²) < 4.78 is 18.8.